The molecule has 0 fully saturated rings. The molecule has 0 spiro atoms. The fourth-order valence-corrected chi connectivity index (χ4v) is 2.97. The second kappa shape index (κ2) is 7.20. The van der Waals surface area contributed by atoms with E-state index in [4.69, 9.17) is 0 Å². The summed E-state index contributed by atoms with van der Waals surface area (Å²) in [6.45, 7) is 4.51. The topological polar surface area (TPSA) is 101 Å². The summed E-state index contributed by atoms with van der Waals surface area (Å²) in [6, 6.07) is 4.24. The van der Waals surface area contributed by atoms with Gasteiger partial charge in [0.05, 0.1) is 4.92 Å². The lowest BCUT2D eigenvalue weighted by atomic mass is 10.2. The first-order valence-electron chi connectivity index (χ1n) is 6.45. The van der Waals surface area contributed by atoms with Gasteiger partial charge in [-0.05, 0) is 25.0 Å². The molecule has 0 aliphatic rings. The van der Waals surface area contributed by atoms with Crippen LogP contribution in [0.2, 0.25) is 0 Å². The van der Waals surface area contributed by atoms with E-state index in [2.05, 4.69) is 10.0 Å². The van der Waals surface area contributed by atoms with Crippen molar-refractivity contribution in [2.75, 3.05) is 18.4 Å². The number of hydrogen-bond donors (Lipinski definition) is 2. The van der Waals surface area contributed by atoms with Crippen LogP contribution >= 0.6 is 0 Å². The molecule has 0 saturated heterocycles. The van der Waals surface area contributed by atoms with Crippen molar-refractivity contribution < 1.29 is 13.3 Å². The molecule has 0 radical (unpaired) electrons. The number of nitro benzene ring substituents is 1. The number of nitrogens with zero attached hydrogens (tertiary/aromatic N) is 1. The molecule has 0 aliphatic carbocycles. The number of nitro groups is 1. The molecule has 112 valence electrons. The average molecular weight is 301 g/mol. The molecule has 0 heterocycles. The van der Waals surface area contributed by atoms with Crippen LogP contribution in [0.4, 0.5) is 11.4 Å². The highest BCUT2D eigenvalue weighted by Crippen LogP contribution is 2.31. The highest BCUT2D eigenvalue weighted by atomic mass is 32.2. The minimum Gasteiger partial charge on any atom is -0.379 e. The first-order chi connectivity index (χ1) is 9.44. The Labute approximate surface area is 118 Å². The predicted octanol–water partition coefficient (Wildman–Crippen LogP) is 2.10. The van der Waals surface area contributed by atoms with Crippen molar-refractivity contribution in [3.05, 3.63) is 28.3 Å². The van der Waals surface area contributed by atoms with Crippen LogP contribution < -0.4 is 10.0 Å². The molecule has 0 aliphatic heterocycles. The summed E-state index contributed by atoms with van der Waals surface area (Å²) < 4.78 is 26.5. The highest BCUT2D eigenvalue weighted by molar-refractivity contribution is 7.89. The lowest BCUT2D eigenvalue weighted by Gasteiger charge is -2.10. The van der Waals surface area contributed by atoms with Gasteiger partial charge in [0, 0.05) is 13.1 Å². The molecule has 1 aromatic carbocycles. The summed E-state index contributed by atoms with van der Waals surface area (Å²) >= 11 is 0. The maximum atomic E-state index is 12.1. The van der Waals surface area contributed by atoms with Gasteiger partial charge in [-0.2, -0.15) is 0 Å². The van der Waals surface area contributed by atoms with E-state index in [-0.39, 0.29) is 17.1 Å². The van der Waals surface area contributed by atoms with Gasteiger partial charge in [0.2, 0.25) is 10.0 Å². The zero-order valence-electron chi connectivity index (χ0n) is 11.5. The lowest BCUT2D eigenvalue weighted by Crippen LogP contribution is -2.25. The van der Waals surface area contributed by atoms with Crippen molar-refractivity contribution in [3.8, 4) is 0 Å². The van der Waals surface area contributed by atoms with Crippen molar-refractivity contribution in [1.29, 1.82) is 0 Å². The second-order valence-corrected chi connectivity index (χ2v) is 5.97. The third-order valence-corrected chi connectivity index (χ3v) is 4.07. The van der Waals surface area contributed by atoms with Crippen LogP contribution in [0.3, 0.4) is 0 Å². The maximum absolute atomic E-state index is 12.1. The number of hydrogen-bond acceptors (Lipinski definition) is 5. The maximum Gasteiger partial charge on any atom is 0.312 e. The second-order valence-electron chi connectivity index (χ2n) is 4.23. The molecule has 0 saturated carbocycles. The molecule has 0 atom stereocenters. The largest absolute Gasteiger partial charge is 0.379 e. The van der Waals surface area contributed by atoms with E-state index in [1.54, 1.807) is 0 Å². The molecule has 0 unspecified atom stereocenters. The van der Waals surface area contributed by atoms with Crippen LogP contribution in [-0.2, 0) is 10.0 Å². The lowest BCUT2D eigenvalue weighted by molar-refractivity contribution is -0.386. The van der Waals surface area contributed by atoms with Gasteiger partial charge in [-0.25, -0.2) is 13.1 Å². The van der Waals surface area contributed by atoms with E-state index in [1.165, 1.54) is 18.2 Å². The minimum absolute atomic E-state index is 0.219. The summed E-state index contributed by atoms with van der Waals surface area (Å²) in [4.78, 5) is 10.2. The van der Waals surface area contributed by atoms with Crippen molar-refractivity contribution in [2.45, 2.75) is 31.6 Å². The molecule has 2 N–H and O–H groups in total. The van der Waals surface area contributed by atoms with Gasteiger partial charge in [0.15, 0.2) is 4.90 Å². The standard InChI is InChI=1S/C12H19N3O4S/c1-3-8-13-10-6-5-7-11(12(10)15(16)17)20(18,19)14-9-4-2/h5-7,13-14H,3-4,8-9H2,1-2H3. The number of sulfonamides is 1. The van der Waals surface area contributed by atoms with Crippen LogP contribution in [0.25, 0.3) is 0 Å². The van der Waals surface area contributed by atoms with E-state index in [0.717, 1.165) is 6.42 Å². The van der Waals surface area contributed by atoms with Gasteiger partial charge in [0.25, 0.3) is 0 Å². The molecule has 20 heavy (non-hydrogen) atoms. The SMILES string of the molecule is CCCNc1cccc(S(=O)(=O)NCCC)c1[N+](=O)[O-]. The average Bonchev–Trinajstić information content (AvgIpc) is 2.42. The third-order valence-electron chi connectivity index (χ3n) is 2.58. The van der Waals surface area contributed by atoms with Gasteiger partial charge in [0.1, 0.15) is 5.69 Å². The quantitative estimate of drug-likeness (QED) is 0.565. The Bertz CT molecular complexity index is 572. The Balaban J connectivity index is 3.29. The molecular weight excluding hydrogens is 282 g/mol. The zero-order valence-corrected chi connectivity index (χ0v) is 12.4. The Kier molecular flexibility index (Phi) is 5.90. The molecule has 0 amide bonds. The summed E-state index contributed by atoms with van der Waals surface area (Å²) in [6.07, 6.45) is 1.39. The van der Waals surface area contributed by atoms with Crippen LogP contribution in [-0.4, -0.2) is 26.4 Å². The fraction of sp³-hybridized carbons (Fsp3) is 0.500. The van der Waals surface area contributed by atoms with Crippen LogP contribution in [0.15, 0.2) is 23.1 Å². The third kappa shape index (κ3) is 3.91. The molecule has 7 nitrogen and oxygen atoms in total. The first-order valence-corrected chi connectivity index (χ1v) is 7.93. The van der Waals surface area contributed by atoms with Gasteiger partial charge in [-0.3, -0.25) is 10.1 Å². The molecular formula is C12H19N3O4S. The molecule has 8 heteroatoms. The minimum atomic E-state index is -3.88. The monoisotopic (exact) mass is 301 g/mol. The number of benzene rings is 1. The van der Waals surface area contributed by atoms with Gasteiger partial charge >= 0.3 is 5.69 Å². The van der Waals surface area contributed by atoms with E-state index in [1.807, 2.05) is 13.8 Å². The van der Waals surface area contributed by atoms with Crippen LogP contribution in [0.1, 0.15) is 26.7 Å². The summed E-state index contributed by atoms with van der Waals surface area (Å²) in [5, 5.41) is 14.1. The van der Waals surface area contributed by atoms with E-state index < -0.39 is 20.6 Å². The normalized spacial score (nSPS) is 11.3. The predicted molar refractivity (Wildman–Crippen MR) is 77.4 cm³/mol. The van der Waals surface area contributed by atoms with E-state index in [0.29, 0.717) is 13.0 Å². The molecule has 1 aromatic rings. The fourth-order valence-electron chi connectivity index (χ4n) is 1.64. The summed E-state index contributed by atoms with van der Waals surface area (Å²) in [7, 11) is -3.88. The van der Waals surface area contributed by atoms with Crippen molar-refractivity contribution in [2.24, 2.45) is 0 Å². The Morgan fingerprint density at radius 2 is 1.85 bits per heavy atom. The Morgan fingerprint density at radius 3 is 2.40 bits per heavy atom. The summed E-state index contributed by atoms with van der Waals surface area (Å²) in [5.41, 5.74) is -0.194. The summed E-state index contributed by atoms with van der Waals surface area (Å²) in [5.74, 6) is 0. The number of nitrogens with one attached hydrogen (secondary N) is 2. The Hall–Kier alpha value is -1.67. The number of anilines is 1. The van der Waals surface area contributed by atoms with Gasteiger partial charge < -0.3 is 5.32 Å². The smallest absolute Gasteiger partial charge is 0.312 e. The Morgan fingerprint density at radius 1 is 1.20 bits per heavy atom. The van der Waals surface area contributed by atoms with Crippen molar-refractivity contribution >= 4 is 21.4 Å². The van der Waals surface area contributed by atoms with E-state index >= 15 is 0 Å². The first kappa shape index (κ1) is 16.4. The van der Waals surface area contributed by atoms with Gasteiger partial charge in [-0.1, -0.05) is 19.9 Å². The molecule has 0 bridgehead atoms. The number of para-hydroxylation sites is 1. The zero-order chi connectivity index (χ0) is 15.2. The molecule has 0 aromatic heterocycles. The highest BCUT2D eigenvalue weighted by Gasteiger charge is 2.28. The van der Waals surface area contributed by atoms with Crippen LogP contribution in [0, 0.1) is 10.1 Å². The van der Waals surface area contributed by atoms with Crippen molar-refractivity contribution in [1.82, 2.24) is 4.72 Å². The number of rotatable bonds is 8. The van der Waals surface area contributed by atoms with Gasteiger partial charge in [-0.15, -0.1) is 0 Å². The van der Waals surface area contributed by atoms with Crippen LogP contribution in [0.5, 0.6) is 0 Å². The van der Waals surface area contributed by atoms with Crippen molar-refractivity contribution in [3.63, 3.8) is 0 Å². The molecule has 1 rings (SSSR count). The van der Waals surface area contributed by atoms with E-state index in [9.17, 15) is 18.5 Å².